The lowest BCUT2D eigenvalue weighted by Gasteiger charge is -2.23. The number of hydrogen-bond donors (Lipinski definition) is 0. The largest absolute Gasteiger partial charge is 0.375 e. The third-order valence-corrected chi connectivity index (χ3v) is 4.52. The van der Waals surface area contributed by atoms with E-state index in [-0.39, 0.29) is 11.7 Å². The van der Waals surface area contributed by atoms with Crippen LogP contribution in [-0.4, -0.2) is 14.1 Å². The van der Waals surface area contributed by atoms with Gasteiger partial charge in [-0.05, 0) is 18.1 Å². The Balaban J connectivity index is 2.48. The average Bonchev–Trinajstić information content (AvgIpc) is 2.37. The highest BCUT2D eigenvalue weighted by atomic mass is 35.5. The van der Waals surface area contributed by atoms with Crippen LogP contribution in [0.3, 0.4) is 0 Å². The van der Waals surface area contributed by atoms with Crippen LogP contribution in [0.15, 0.2) is 39.4 Å². The van der Waals surface area contributed by atoms with Crippen LogP contribution >= 0.6 is 34.8 Å². The van der Waals surface area contributed by atoms with E-state index in [4.69, 9.17) is 34.8 Å². The molecule has 5 heteroatoms. The fourth-order valence-electron chi connectivity index (χ4n) is 2.10. The SMILES string of the molecule is CN(C)c1cccc(C2CC=C(Cl)C(Cl)=C2Cl)c1F. The van der Waals surface area contributed by atoms with Crippen molar-refractivity contribution < 1.29 is 4.39 Å². The second-order valence-corrected chi connectivity index (χ2v) is 5.77. The highest BCUT2D eigenvalue weighted by Crippen LogP contribution is 2.43. The van der Waals surface area contributed by atoms with Gasteiger partial charge in [0, 0.05) is 25.0 Å². The van der Waals surface area contributed by atoms with Crippen LogP contribution < -0.4 is 4.90 Å². The van der Waals surface area contributed by atoms with Crippen LogP contribution in [0.5, 0.6) is 0 Å². The van der Waals surface area contributed by atoms with Gasteiger partial charge in [-0.15, -0.1) is 0 Å². The van der Waals surface area contributed by atoms with Gasteiger partial charge in [0.05, 0.1) is 15.8 Å². The van der Waals surface area contributed by atoms with Crippen LogP contribution in [0.25, 0.3) is 0 Å². The average molecular weight is 321 g/mol. The molecule has 1 aromatic rings. The minimum absolute atomic E-state index is 0.272. The predicted octanol–water partition coefficient (Wildman–Crippen LogP) is 5.19. The zero-order chi connectivity index (χ0) is 14.2. The summed E-state index contributed by atoms with van der Waals surface area (Å²) in [5.74, 6) is -0.553. The van der Waals surface area contributed by atoms with Crippen molar-refractivity contribution >= 4 is 40.5 Å². The Morgan fingerprint density at radius 3 is 2.53 bits per heavy atom. The molecule has 0 fully saturated rings. The summed E-state index contributed by atoms with van der Waals surface area (Å²) in [6.07, 6.45) is 2.31. The first-order valence-electron chi connectivity index (χ1n) is 5.80. The molecule has 1 unspecified atom stereocenters. The smallest absolute Gasteiger partial charge is 0.150 e. The first kappa shape index (κ1) is 14.7. The van der Waals surface area contributed by atoms with Crippen molar-refractivity contribution in [1.29, 1.82) is 0 Å². The van der Waals surface area contributed by atoms with Gasteiger partial charge in [-0.25, -0.2) is 4.39 Å². The van der Waals surface area contributed by atoms with Crippen LogP contribution in [0, 0.1) is 5.82 Å². The van der Waals surface area contributed by atoms with Gasteiger partial charge in [0.1, 0.15) is 5.82 Å². The van der Waals surface area contributed by atoms with Crippen LogP contribution in [-0.2, 0) is 0 Å². The molecule has 1 aromatic carbocycles. The summed E-state index contributed by atoms with van der Waals surface area (Å²) in [5, 5.41) is 1.12. The summed E-state index contributed by atoms with van der Waals surface area (Å²) in [4.78, 5) is 1.73. The lowest BCUT2D eigenvalue weighted by Crippen LogP contribution is -2.14. The minimum atomic E-state index is -0.281. The van der Waals surface area contributed by atoms with Gasteiger partial charge in [-0.1, -0.05) is 53.0 Å². The molecule has 0 radical (unpaired) electrons. The number of anilines is 1. The molecule has 102 valence electrons. The molecule has 1 aliphatic carbocycles. The molecule has 1 nitrogen and oxygen atoms in total. The first-order chi connectivity index (χ1) is 8.93. The van der Waals surface area contributed by atoms with E-state index < -0.39 is 0 Å². The van der Waals surface area contributed by atoms with Crippen LogP contribution in [0.2, 0.25) is 0 Å². The van der Waals surface area contributed by atoms with E-state index in [2.05, 4.69) is 0 Å². The van der Waals surface area contributed by atoms with Crippen molar-refractivity contribution in [2.45, 2.75) is 12.3 Å². The quantitative estimate of drug-likeness (QED) is 0.724. The highest BCUT2D eigenvalue weighted by molar-refractivity contribution is 6.48. The fourth-order valence-corrected chi connectivity index (χ4v) is 2.85. The topological polar surface area (TPSA) is 3.24 Å². The second kappa shape index (κ2) is 5.74. The molecule has 19 heavy (non-hydrogen) atoms. The Hall–Kier alpha value is -0.700. The van der Waals surface area contributed by atoms with Crippen molar-refractivity contribution in [3.63, 3.8) is 0 Å². The summed E-state index contributed by atoms with van der Waals surface area (Å²) in [6.45, 7) is 0. The molecular weight excluding hydrogens is 308 g/mol. The minimum Gasteiger partial charge on any atom is -0.375 e. The van der Waals surface area contributed by atoms with Gasteiger partial charge >= 0.3 is 0 Å². The zero-order valence-corrected chi connectivity index (χ0v) is 12.8. The molecule has 2 rings (SSSR count). The fraction of sp³-hybridized carbons (Fsp3) is 0.286. The van der Waals surface area contributed by atoms with Gasteiger partial charge < -0.3 is 4.90 Å². The number of nitrogens with zero attached hydrogens (tertiary/aromatic N) is 1. The van der Waals surface area contributed by atoms with E-state index in [1.54, 1.807) is 37.2 Å². The van der Waals surface area contributed by atoms with E-state index in [0.717, 1.165) is 0 Å². The molecule has 0 spiro atoms. The Bertz CT molecular complexity index is 564. The van der Waals surface area contributed by atoms with E-state index in [1.165, 1.54) is 0 Å². The molecule has 0 heterocycles. The van der Waals surface area contributed by atoms with Gasteiger partial charge in [0.2, 0.25) is 0 Å². The molecular formula is C14H13Cl3FN. The molecule has 0 aromatic heterocycles. The Morgan fingerprint density at radius 2 is 1.89 bits per heavy atom. The summed E-state index contributed by atoms with van der Waals surface area (Å²) >= 11 is 18.2. The van der Waals surface area contributed by atoms with Crippen molar-refractivity contribution in [2.75, 3.05) is 19.0 Å². The van der Waals surface area contributed by atoms with E-state index in [1.807, 2.05) is 6.07 Å². The number of hydrogen-bond acceptors (Lipinski definition) is 1. The van der Waals surface area contributed by atoms with E-state index in [9.17, 15) is 4.39 Å². The maximum atomic E-state index is 14.5. The molecule has 1 atom stereocenters. The molecule has 0 saturated carbocycles. The Labute approximate surface area is 127 Å². The highest BCUT2D eigenvalue weighted by Gasteiger charge is 2.26. The molecule has 0 bridgehead atoms. The van der Waals surface area contributed by atoms with Crippen LogP contribution in [0.1, 0.15) is 17.9 Å². The second-order valence-electron chi connectivity index (χ2n) is 4.58. The summed E-state index contributed by atoms with van der Waals surface area (Å²) < 4.78 is 14.5. The Morgan fingerprint density at radius 1 is 1.21 bits per heavy atom. The molecule has 0 N–H and O–H groups in total. The Kier molecular flexibility index (Phi) is 4.44. The zero-order valence-electron chi connectivity index (χ0n) is 10.6. The molecule has 0 saturated heterocycles. The predicted molar refractivity (Wildman–Crippen MR) is 80.8 cm³/mol. The lowest BCUT2D eigenvalue weighted by atomic mass is 9.91. The molecule has 0 amide bonds. The van der Waals surface area contributed by atoms with Gasteiger partial charge in [0.25, 0.3) is 0 Å². The summed E-state index contributed by atoms with van der Waals surface area (Å²) in [7, 11) is 3.59. The van der Waals surface area contributed by atoms with Gasteiger partial charge in [-0.3, -0.25) is 0 Å². The number of benzene rings is 1. The number of allylic oxidation sites excluding steroid dienone is 4. The van der Waals surface area contributed by atoms with E-state index >= 15 is 0 Å². The standard InChI is InChI=1S/C14H13Cl3FN/c1-19(2)11-5-3-4-9(14(11)18)8-6-7-10(15)13(17)12(8)16/h3-5,7-8H,6H2,1-2H3. The third kappa shape index (κ3) is 2.76. The monoisotopic (exact) mass is 319 g/mol. The first-order valence-corrected chi connectivity index (χ1v) is 6.93. The maximum absolute atomic E-state index is 14.5. The number of rotatable bonds is 2. The van der Waals surface area contributed by atoms with Crippen molar-refractivity contribution in [3.05, 3.63) is 50.8 Å². The molecule has 0 aliphatic heterocycles. The molecule has 1 aliphatic rings. The van der Waals surface area contributed by atoms with Crippen molar-refractivity contribution in [2.24, 2.45) is 0 Å². The van der Waals surface area contributed by atoms with E-state index in [0.29, 0.717) is 32.8 Å². The summed E-state index contributed by atoms with van der Waals surface area (Å²) in [6, 6.07) is 5.27. The lowest BCUT2D eigenvalue weighted by molar-refractivity contribution is 0.596. The summed E-state index contributed by atoms with van der Waals surface area (Å²) in [5.41, 5.74) is 1.06. The van der Waals surface area contributed by atoms with Crippen molar-refractivity contribution in [3.8, 4) is 0 Å². The number of halogens is 4. The maximum Gasteiger partial charge on any atom is 0.150 e. The van der Waals surface area contributed by atoms with Gasteiger partial charge in [-0.2, -0.15) is 0 Å². The third-order valence-electron chi connectivity index (χ3n) is 3.12. The van der Waals surface area contributed by atoms with Gasteiger partial charge in [0.15, 0.2) is 0 Å². The van der Waals surface area contributed by atoms with Crippen molar-refractivity contribution in [1.82, 2.24) is 0 Å². The normalized spacial score (nSPS) is 19.5. The van der Waals surface area contributed by atoms with Crippen LogP contribution in [0.4, 0.5) is 10.1 Å².